The summed E-state index contributed by atoms with van der Waals surface area (Å²) < 4.78 is 0. The van der Waals surface area contributed by atoms with Crippen LogP contribution in [-0.4, -0.2) is 19.0 Å². The Morgan fingerprint density at radius 2 is 1.76 bits per heavy atom. The van der Waals surface area contributed by atoms with E-state index in [1.165, 1.54) is 6.20 Å². The van der Waals surface area contributed by atoms with Gasteiger partial charge in [-0.2, -0.15) is 5.26 Å². The summed E-state index contributed by atoms with van der Waals surface area (Å²) in [4.78, 5) is 12.0. The molecule has 0 aliphatic rings. The highest BCUT2D eigenvalue weighted by atomic mass is 35.5. The maximum absolute atomic E-state index is 12.0. The van der Waals surface area contributed by atoms with Crippen LogP contribution in [0.5, 0.6) is 0 Å². The minimum Gasteiger partial charge on any atom is -0.389 e. The average molecular weight is 354 g/mol. The maximum Gasteiger partial charge on any atom is 0.263 e. The van der Waals surface area contributed by atoms with Crippen LogP contribution in [0.4, 0.5) is 0 Å². The quantitative estimate of drug-likeness (QED) is 0.435. The molecule has 0 fully saturated rings. The zero-order valence-corrected chi connectivity index (χ0v) is 14.6. The van der Waals surface area contributed by atoms with Gasteiger partial charge < -0.3 is 10.6 Å². The Labute approximate surface area is 153 Å². The number of nitriles is 1. The molecule has 0 saturated heterocycles. The summed E-state index contributed by atoms with van der Waals surface area (Å²) in [6.45, 7) is 1.10. The highest BCUT2D eigenvalue weighted by Gasteiger charge is 2.07. The van der Waals surface area contributed by atoms with Crippen molar-refractivity contribution in [2.24, 2.45) is 0 Å². The highest BCUT2D eigenvalue weighted by Crippen LogP contribution is 2.10. The Balaban J connectivity index is 1.75. The number of amides is 1. The molecule has 0 aliphatic carbocycles. The summed E-state index contributed by atoms with van der Waals surface area (Å²) in [6, 6.07) is 19.4. The van der Waals surface area contributed by atoms with Crippen LogP contribution in [0.3, 0.4) is 0 Å². The fourth-order valence-electron chi connectivity index (χ4n) is 2.29. The van der Waals surface area contributed by atoms with Crippen molar-refractivity contribution in [3.8, 4) is 6.07 Å². The van der Waals surface area contributed by atoms with Gasteiger partial charge in [-0.1, -0.05) is 54.1 Å². The minimum atomic E-state index is -0.367. The number of hydrogen-bond donors (Lipinski definition) is 2. The molecular weight excluding hydrogens is 334 g/mol. The van der Waals surface area contributed by atoms with Crippen LogP contribution in [0.25, 0.3) is 0 Å². The molecule has 2 aromatic rings. The number of benzene rings is 2. The summed E-state index contributed by atoms with van der Waals surface area (Å²) in [5.74, 6) is -0.367. The average Bonchev–Trinajstić information content (AvgIpc) is 2.62. The number of nitrogens with zero attached hydrogens (tertiary/aromatic N) is 1. The van der Waals surface area contributed by atoms with Crippen LogP contribution in [0.15, 0.2) is 66.4 Å². The Bertz CT molecular complexity index is 766. The van der Waals surface area contributed by atoms with Crippen LogP contribution in [0.1, 0.15) is 11.1 Å². The molecule has 4 nitrogen and oxygen atoms in total. The standard InChI is InChI=1S/C20H20ClN3O/c21-19-8-4-7-17(13-19)9-11-23-15-18(14-22)20(25)24-12-10-16-5-2-1-3-6-16/h1-8,13,15,23H,9-12H2,(H,24,25)/b18-15-. The smallest absolute Gasteiger partial charge is 0.263 e. The molecule has 0 radical (unpaired) electrons. The fraction of sp³-hybridized carbons (Fsp3) is 0.200. The second kappa shape index (κ2) is 10.2. The van der Waals surface area contributed by atoms with Crippen molar-refractivity contribution in [2.75, 3.05) is 13.1 Å². The molecule has 0 aromatic heterocycles. The van der Waals surface area contributed by atoms with Gasteiger partial charge in [0.1, 0.15) is 11.6 Å². The number of halogens is 1. The van der Waals surface area contributed by atoms with Crippen LogP contribution in [-0.2, 0) is 17.6 Å². The molecule has 0 atom stereocenters. The first-order valence-corrected chi connectivity index (χ1v) is 8.47. The Morgan fingerprint density at radius 3 is 2.48 bits per heavy atom. The molecule has 2 N–H and O–H groups in total. The zero-order valence-electron chi connectivity index (χ0n) is 13.8. The number of carbonyl (C=O) groups is 1. The van der Waals surface area contributed by atoms with Crippen LogP contribution in [0, 0.1) is 11.3 Å². The van der Waals surface area contributed by atoms with E-state index in [2.05, 4.69) is 10.6 Å². The van der Waals surface area contributed by atoms with Crippen molar-refractivity contribution < 1.29 is 4.79 Å². The molecule has 0 spiro atoms. The molecule has 0 heterocycles. The molecule has 2 rings (SSSR count). The maximum atomic E-state index is 12.0. The van der Waals surface area contributed by atoms with Gasteiger partial charge in [-0.25, -0.2) is 0 Å². The van der Waals surface area contributed by atoms with Crippen LogP contribution in [0.2, 0.25) is 5.02 Å². The second-order valence-corrected chi connectivity index (χ2v) is 5.93. The molecule has 25 heavy (non-hydrogen) atoms. The lowest BCUT2D eigenvalue weighted by atomic mass is 10.1. The minimum absolute atomic E-state index is 0.0687. The van der Waals surface area contributed by atoms with Gasteiger partial charge in [-0.3, -0.25) is 4.79 Å². The van der Waals surface area contributed by atoms with Gasteiger partial charge in [0.2, 0.25) is 0 Å². The lowest BCUT2D eigenvalue weighted by Gasteiger charge is -2.06. The van der Waals surface area contributed by atoms with Crippen LogP contribution < -0.4 is 10.6 Å². The molecule has 2 aromatic carbocycles. The molecule has 1 amide bonds. The third kappa shape index (κ3) is 6.70. The molecular formula is C20H20ClN3O. The van der Waals surface area contributed by atoms with E-state index in [1.54, 1.807) is 0 Å². The van der Waals surface area contributed by atoms with Crippen molar-refractivity contribution >= 4 is 17.5 Å². The molecule has 0 saturated carbocycles. The van der Waals surface area contributed by atoms with Gasteiger partial charge in [0, 0.05) is 24.3 Å². The van der Waals surface area contributed by atoms with Crippen LogP contribution >= 0.6 is 11.6 Å². The Hall–Kier alpha value is -2.77. The lowest BCUT2D eigenvalue weighted by Crippen LogP contribution is -2.27. The molecule has 128 valence electrons. The van der Waals surface area contributed by atoms with Crippen molar-refractivity contribution in [3.05, 3.63) is 82.5 Å². The predicted molar refractivity (Wildman–Crippen MR) is 100 cm³/mol. The summed E-state index contributed by atoms with van der Waals surface area (Å²) in [7, 11) is 0. The lowest BCUT2D eigenvalue weighted by molar-refractivity contribution is -0.117. The van der Waals surface area contributed by atoms with E-state index in [0.717, 1.165) is 24.0 Å². The molecule has 5 heteroatoms. The topological polar surface area (TPSA) is 64.9 Å². The first-order chi connectivity index (χ1) is 12.2. The third-order valence-corrected chi connectivity index (χ3v) is 3.84. The first-order valence-electron chi connectivity index (χ1n) is 8.09. The summed E-state index contributed by atoms with van der Waals surface area (Å²) in [6.07, 6.45) is 2.95. The largest absolute Gasteiger partial charge is 0.389 e. The van der Waals surface area contributed by atoms with E-state index in [-0.39, 0.29) is 11.5 Å². The van der Waals surface area contributed by atoms with E-state index in [0.29, 0.717) is 18.1 Å². The van der Waals surface area contributed by atoms with Gasteiger partial charge in [0.05, 0.1) is 0 Å². The number of hydrogen-bond acceptors (Lipinski definition) is 3. The van der Waals surface area contributed by atoms with Gasteiger partial charge in [-0.15, -0.1) is 0 Å². The van der Waals surface area contributed by atoms with Gasteiger partial charge in [0.15, 0.2) is 0 Å². The van der Waals surface area contributed by atoms with E-state index >= 15 is 0 Å². The third-order valence-electron chi connectivity index (χ3n) is 3.60. The number of carbonyl (C=O) groups excluding carboxylic acids is 1. The van der Waals surface area contributed by atoms with Gasteiger partial charge in [-0.05, 0) is 36.1 Å². The van der Waals surface area contributed by atoms with E-state index in [9.17, 15) is 4.79 Å². The van der Waals surface area contributed by atoms with E-state index in [4.69, 9.17) is 16.9 Å². The van der Waals surface area contributed by atoms with Crippen molar-refractivity contribution in [3.63, 3.8) is 0 Å². The van der Waals surface area contributed by atoms with Crippen molar-refractivity contribution in [1.29, 1.82) is 5.26 Å². The van der Waals surface area contributed by atoms with E-state index < -0.39 is 0 Å². The Kier molecular flexibility index (Phi) is 7.55. The molecule has 0 bridgehead atoms. The number of nitrogens with one attached hydrogen (secondary N) is 2. The molecule has 0 unspecified atom stereocenters. The van der Waals surface area contributed by atoms with Crippen molar-refractivity contribution in [2.45, 2.75) is 12.8 Å². The van der Waals surface area contributed by atoms with Gasteiger partial charge >= 0.3 is 0 Å². The zero-order chi connectivity index (χ0) is 17.9. The fourth-order valence-corrected chi connectivity index (χ4v) is 2.50. The summed E-state index contributed by atoms with van der Waals surface area (Å²) in [5, 5.41) is 15.6. The Morgan fingerprint density at radius 1 is 1.04 bits per heavy atom. The summed E-state index contributed by atoms with van der Waals surface area (Å²) in [5.41, 5.74) is 2.31. The summed E-state index contributed by atoms with van der Waals surface area (Å²) >= 11 is 5.94. The highest BCUT2D eigenvalue weighted by molar-refractivity contribution is 6.30. The first kappa shape index (κ1) is 18.6. The molecule has 0 aliphatic heterocycles. The monoisotopic (exact) mass is 353 g/mol. The number of rotatable bonds is 8. The SMILES string of the molecule is N#C/C(=C/NCCc1cccc(Cl)c1)C(=O)NCCc1ccccc1. The van der Waals surface area contributed by atoms with E-state index in [1.807, 2.05) is 60.7 Å². The predicted octanol–water partition coefficient (Wildman–Crippen LogP) is 3.24. The van der Waals surface area contributed by atoms with Crippen molar-refractivity contribution in [1.82, 2.24) is 10.6 Å². The van der Waals surface area contributed by atoms with Gasteiger partial charge in [0.25, 0.3) is 5.91 Å². The second-order valence-electron chi connectivity index (χ2n) is 5.50. The normalized spacial score (nSPS) is 10.8.